The highest BCUT2D eigenvalue weighted by Crippen LogP contribution is 2.33. The Hall–Kier alpha value is -2.77. The van der Waals surface area contributed by atoms with E-state index in [4.69, 9.17) is 9.47 Å². The number of amides is 4. The molecule has 0 aromatic heterocycles. The van der Waals surface area contributed by atoms with Crippen molar-refractivity contribution in [3.05, 3.63) is 24.3 Å². The molecule has 29 heavy (non-hydrogen) atoms. The number of hydrogen-bond acceptors (Lipinski definition) is 5. The summed E-state index contributed by atoms with van der Waals surface area (Å²) in [6, 6.07) is 6.92. The molecule has 1 spiro atoms. The molecule has 4 rings (SSSR count). The number of carbonyl (C=O) groups excluding carboxylic acids is 3. The van der Waals surface area contributed by atoms with Gasteiger partial charge >= 0.3 is 6.03 Å². The molecule has 1 saturated carbocycles. The first-order valence-corrected chi connectivity index (χ1v) is 10.2. The van der Waals surface area contributed by atoms with E-state index in [2.05, 4.69) is 5.32 Å². The monoisotopic (exact) mass is 401 g/mol. The fraction of sp³-hybridized carbons (Fsp3) is 0.571. The Morgan fingerprint density at radius 3 is 2.59 bits per heavy atom. The molecule has 0 bridgehead atoms. The number of para-hydroxylation sites is 2. The second-order valence-electron chi connectivity index (χ2n) is 8.09. The Labute approximate surface area is 170 Å². The van der Waals surface area contributed by atoms with Crippen LogP contribution in [0, 0.1) is 0 Å². The number of benzene rings is 1. The molecule has 1 aromatic carbocycles. The molecule has 8 heteroatoms. The summed E-state index contributed by atoms with van der Waals surface area (Å²) in [7, 11) is 1.64. The van der Waals surface area contributed by atoms with Gasteiger partial charge in [-0.2, -0.15) is 0 Å². The minimum Gasteiger partial charge on any atom is -0.486 e. The summed E-state index contributed by atoms with van der Waals surface area (Å²) in [5.74, 6) is 0.763. The molecular weight excluding hydrogens is 374 g/mol. The van der Waals surface area contributed by atoms with Gasteiger partial charge < -0.3 is 19.7 Å². The van der Waals surface area contributed by atoms with Gasteiger partial charge in [0.25, 0.3) is 5.91 Å². The quantitative estimate of drug-likeness (QED) is 0.779. The van der Waals surface area contributed by atoms with Gasteiger partial charge in [-0.15, -0.1) is 0 Å². The molecule has 1 atom stereocenters. The van der Waals surface area contributed by atoms with Crippen molar-refractivity contribution < 1.29 is 23.9 Å². The third kappa shape index (κ3) is 3.88. The summed E-state index contributed by atoms with van der Waals surface area (Å²) in [5.41, 5.74) is -0.823. The van der Waals surface area contributed by atoms with Gasteiger partial charge in [-0.1, -0.05) is 37.8 Å². The maximum atomic E-state index is 13.0. The summed E-state index contributed by atoms with van der Waals surface area (Å²) in [5, 5.41) is 2.87. The van der Waals surface area contributed by atoms with Crippen molar-refractivity contribution in [2.75, 3.05) is 26.7 Å². The van der Waals surface area contributed by atoms with Gasteiger partial charge in [0.05, 0.1) is 6.54 Å². The van der Waals surface area contributed by atoms with Crippen molar-refractivity contribution in [3.63, 3.8) is 0 Å². The number of likely N-dealkylation sites (N-methyl/N-ethyl adjacent to an activating group) is 1. The zero-order valence-corrected chi connectivity index (χ0v) is 16.7. The number of nitrogens with zero attached hydrogens (tertiary/aromatic N) is 2. The Morgan fingerprint density at radius 1 is 1.17 bits per heavy atom. The van der Waals surface area contributed by atoms with E-state index in [9.17, 15) is 14.4 Å². The third-order valence-corrected chi connectivity index (χ3v) is 5.97. The summed E-state index contributed by atoms with van der Waals surface area (Å²) in [4.78, 5) is 40.7. The van der Waals surface area contributed by atoms with Gasteiger partial charge in [0.2, 0.25) is 5.91 Å². The second kappa shape index (κ2) is 7.93. The third-order valence-electron chi connectivity index (χ3n) is 5.97. The van der Waals surface area contributed by atoms with Crippen LogP contribution in [0.4, 0.5) is 4.79 Å². The molecule has 4 amide bonds. The maximum absolute atomic E-state index is 13.0. The molecule has 2 aliphatic heterocycles. The van der Waals surface area contributed by atoms with Gasteiger partial charge in [-0.25, -0.2) is 4.79 Å². The lowest BCUT2D eigenvalue weighted by Gasteiger charge is -2.30. The molecule has 2 heterocycles. The molecule has 0 radical (unpaired) electrons. The Balaban J connectivity index is 1.35. The zero-order chi connectivity index (χ0) is 20.4. The number of fused-ring (bicyclic) bond motifs is 1. The topological polar surface area (TPSA) is 88.2 Å². The second-order valence-corrected chi connectivity index (χ2v) is 8.09. The number of carbonyl (C=O) groups is 3. The molecule has 8 nitrogen and oxygen atoms in total. The van der Waals surface area contributed by atoms with Gasteiger partial charge in [-0.3, -0.25) is 14.5 Å². The van der Waals surface area contributed by atoms with Crippen molar-refractivity contribution in [2.24, 2.45) is 0 Å². The molecule has 1 aromatic rings. The van der Waals surface area contributed by atoms with Crippen LogP contribution in [0.5, 0.6) is 11.5 Å². The van der Waals surface area contributed by atoms with Crippen molar-refractivity contribution >= 4 is 17.8 Å². The molecule has 1 saturated heterocycles. The van der Waals surface area contributed by atoms with E-state index in [1.54, 1.807) is 7.05 Å². The highest BCUT2D eigenvalue weighted by Gasteiger charge is 2.51. The summed E-state index contributed by atoms with van der Waals surface area (Å²) in [6.07, 6.45) is 4.94. The van der Waals surface area contributed by atoms with Gasteiger partial charge in [0, 0.05) is 7.05 Å². The average molecular weight is 401 g/mol. The largest absolute Gasteiger partial charge is 0.486 e. The van der Waals surface area contributed by atoms with Crippen LogP contribution in [-0.4, -0.2) is 66.0 Å². The highest BCUT2D eigenvalue weighted by molar-refractivity contribution is 6.09. The lowest BCUT2D eigenvalue weighted by atomic mass is 9.90. The summed E-state index contributed by atoms with van der Waals surface area (Å²) in [6.45, 7) is 0.385. The average Bonchev–Trinajstić information content (AvgIpc) is 2.88. The lowest BCUT2D eigenvalue weighted by Crippen LogP contribution is -2.48. The molecule has 3 aliphatic rings. The predicted octanol–water partition coefficient (Wildman–Crippen LogP) is 1.93. The molecule has 2 fully saturated rings. The van der Waals surface area contributed by atoms with Crippen molar-refractivity contribution in [1.29, 1.82) is 0 Å². The normalized spacial score (nSPS) is 22.9. The molecular formula is C21H27N3O5. The Bertz CT molecular complexity index is 803. The Kier molecular flexibility index (Phi) is 5.34. The van der Waals surface area contributed by atoms with E-state index >= 15 is 0 Å². The Morgan fingerprint density at radius 2 is 1.86 bits per heavy atom. The fourth-order valence-corrected chi connectivity index (χ4v) is 4.31. The number of hydrogen-bond donors (Lipinski definition) is 1. The van der Waals surface area contributed by atoms with Crippen LogP contribution in [0.2, 0.25) is 0 Å². The molecule has 1 N–H and O–H groups in total. The van der Waals surface area contributed by atoms with E-state index in [0.29, 0.717) is 37.5 Å². The van der Waals surface area contributed by atoms with Crippen LogP contribution in [0.1, 0.15) is 38.5 Å². The number of urea groups is 1. The predicted molar refractivity (Wildman–Crippen MR) is 105 cm³/mol. The first-order chi connectivity index (χ1) is 14.0. The SMILES string of the molecule is CN(CC1COc2ccccc2O1)C(=O)CN1C(=O)NC2(CCCCCC2)C1=O. The zero-order valence-electron chi connectivity index (χ0n) is 16.7. The smallest absolute Gasteiger partial charge is 0.325 e. The van der Waals surface area contributed by atoms with E-state index in [-0.39, 0.29) is 24.5 Å². The van der Waals surface area contributed by atoms with E-state index in [1.165, 1.54) is 4.90 Å². The maximum Gasteiger partial charge on any atom is 0.325 e. The van der Waals surface area contributed by atoms with Crippen molar-refractivity contribution in [2.45, 2.75) is 50.2 Å². The van der Waals surface area contributed by atoms with Crippen LogP contribution in [0.25, 0.3) is 0 Å². The van der Waals surface area contributed by atoms with Gasteiger partial charge in [-0.05, 0) is 25.0 Å². The summed E-state index contributed by atoms with van der Waals surface area (Å²) >= 11 is 0. The van der Waals surface area contributed by atoms with Crippen molar-refractivity contribution in [1.82, 2.24) is 15.1 Å². The summed E-state index contributed by atoms with van der Waals surface area (Å²) < 4.78 is 11.6. The van der Waals surface area contributed by atoms with Crippen LogP contribution < -0.4 is 14.8 Å². The standard InChI is InChI=1S/C21H27N3O5/c1-23(12-15-14-28-16-8-4-5-9-17(16)29-15)18(25)13-24-19(26)21(22-20(24)27)10-6-2-3-7-11-21/h4-5,8-9,15H,2-3,6-7,10-14H2,1H3,(H,22,27). The molecule has 156 valence electrons. The van der Waals surface area contributed by atoms with Crippen LogP contribution in [0.3, 0.4) is 0 Å². The first-order valence-electron chi connectivity index (χ1n) is 10.2. The van der Waals surface area contributed by atoms with E-state index in [1.807, 2.05) is 24.3 Å². The highest BCUT2D eigenvalue weighted by atomic mass is 16.6. The minimum absolute atomic E-state index is 0.257. The fourth-order valence-electron chi connectivity index (χ4n) is 4.31. The minimum atomic E-state index is -0.823. The molecule has 1 aliphatic carbocycles. The van der Waals surface area contributed by atoms with E-state index in [0.717, 1.165) is 30.6 Å². The molecule has 1 unspecified atom stereocenters. The van der Waals surface area contributed by atoms with Crippen molar-refractivity contribution in [3.8, 4) is 11.5 Å². The van der Waals surface area contributed by atoms with E-state index < -0.39 is 11.6 Å². The van der Waals surface area contributed by atoms with Crippen LogP contribution >= 0.6 is 0 Å². The number of ether oxygens (including phenoxy) is 2. The van der Waals surface area contributed by atoms with Crippen LogP contribution in [0.15, 0.2) is 24.3 Å². The lowest BCUT2D eigenvalue weighted by molar-refractivity contribution is -0.139. The van der Waals surface area contributed by atoms with Gasteiger partial charge in [0.15, 0.2) is 17.6 Å². The van der Waals surface area contributed by atoms with Gasteiger partial charge in [0.1, 0.15) is 18.7 Å². The van der Waals surface area contributed by atoms with Crippen LogP contribution in [-0.2, 0) is 9.59 Å². The number of nitrogens with one attached hydrogen (secondary N) is 1. The number of imide groups is 1. The number of rotatable bonds is 4. The first kappa shape index (κ1) is 19.5.